The van der Waals surface area contributed by atoms with Gasteiger partial charge in [-0.15, -0.1) is 0 Å². The Morgan fingerprint density at radius 3 is 2.80 bits per heavy atom. The molecule has 1 aromatic carbocycles. The van der Waals surface area contributed by atoms with E-state index in [0.717, 1.165) is 0 Å². The highest BCUT2D eigenvalue weighted by Crippen LogP contribution is 2.27. The van der Waals surface area contributed by atoms with Crippen LogP contribution in [0.5, 0.6) is 5.75 Å². The number of ether oxygens (including phenoxy) is 1. The van der Waals surface area contributed by atoms with Gasteiger partial charge in [0.15, 0.2) is 6.61 Å². The largest absolute Gasteiger partial charge is 0.483 e. The summed E-state index contributed by atoms with van der Waals surface area (Å²) in [5.74, 6) is 0.671. The van der Waals surface area contributed by atoms with Crippen molar-refractivity contribution in [3.8, 4) is 5.75 Å². The zero-order chi connectivity index (χ0) is 15.1. The molecule has 1 unspecified atom stereocenters. The lowest BCUT2D eigenvalue weighted by Gasteiger charge is -2.14. The first-order valence-corrected chi connectivity index (χ1v) is 7.58. The van der Waals surface area contributed by atoms with Crippen LogP contribution >= 0.6 is 27.5 Å². The maximum absolute atomic E-state index is 11.6. The molecule has 2 N–H and O–H groups in total. The summed E-state index contributed by atoms with van der Waals surface area (Å²) in [4.78, 5) is 11.6. The van der Waals surface area contributed by atoms with Gasteiger partial charge < -0.3 is 15.2 Å². The Morgan fingerprint density at radius 1 is 1.50 bits per heavy atom. The third-order valence-corrected chi connectivity index (χ3v) is 3.39. The molecule has 0 aromatic heterocycles. The average molecular weight is 365 g/mol. The summed E-state index contributed by atoms with van der Waals surface area (Å²) in [5, 5.41) is 12.9. The highest BCUT2D eigenvalue weighted by atomic mass is 79.9. The number of halogens is 2. The summed E-state index contributed by atoms with van der Waals surface area (Å²) in [5.41, 5.74) is 0. The molecule has 0 fully saturated rings. The number of nitrogens with one attached hydrogen (secondary N) is 1. The molecule has 4 nitrogen and oxygen atoms in total. The lowest BCUT2D eigenvalue weighted by atomic mass is 10.1. The van der Waals surface area contributed by atoms with E-state index >= 15 is 0 Å². The molecule has 1 aromatic rings. The monoisotopic (exact) mass is 363 g/mol. The third-order valence-electron chi connectivity index (χ3n) is 2.53. The fourth-order valence-electron chi connectivity index (χ4n) is 1.65. The van der Waals surface area contributed by atoms with Crippen molar-refractivity contribution in [3.63, 3.8) is 0 Å². The van der Waals surface area contributed by atoms with Gasteiger partial charge in [0.2, 0.25) is 0 Å². The number of benzene rings is 1. The van der Waals surface area contributed by atoms with E-state index in [1.807, 2.05) is 13.8 Å². The average Bonchev–Trinajstić information content (AvgIpc) is 2.34. The van der Waals surface area contributed by atoms with Gasteiger partial charge in [-0.1, -0.05) is 25.4 Å². The van der Waals surface area contributed by atoms with E-state index in [4.69, 9.17) is 16.3 Å². The van der Waals surface area contributed by atoms with Gasteiger partial charge in [0.05, 0.1) is 10.6 Å². The van der Waals surface area contributed by atoms with Gasteiger partial charge in [0, 0.05) is 11.6 Å². The Morgan fingerprint density at radius 2 is 2.20 bits per heavy atom. The molecule has 0 saturated heterocycles. The molecule has 1 atom stereocenters. The Balaban J connectivity index is 2.33. The minimum Gasteiger partial charge on any atom is -0.483 e. The van der Waals surface area contributed by atoms with Crippen molar-refractivity contribution in [2.75, 3.05) is 13.2 Å². The summed E-state index contributed by atoms with van der Waals surface area (Å²) < 4.78 is 6.06. The Bertz CT molecular complexity index is 454. The Labute approximate surface area is 132 Å². The number of amides is 1. The molecule has 0 aliphatic rings. The SMILES string of the molecule is CC(C)CC(O)CNC(=O)COc1ccc(Cl)cc1Br. The summed E-state index contributed by atoms with van der Waals surface area (Å²) in [6.07, 6.45) is 0.130. The first-order chi connectivity index (χ1) is 9.38. The molecule has 0 saturated carbocycles. The van der Waals surface area contributed by atoms with Crippen LogP contribution in [0.15, 0.2) is 22.7 Å². The fraction of sp³-hybridized carbons (Fsp3) is 0.500. The second-order valence-corrected chi connectivity index (χ2v) is 6.24. The van der Waals surface area contributed by atoms with Crippen LogP contribution in [-0.4, -0.2) is 30.3 Å². The molecule has 1 amide bonds. The van der Waals surface area contributed by atoms with Gasteiger partial charge in [-0.05, 0) is 46.5 Å². The highest BCUT2D eigenvalue weighted by molar-refractivity contribution is 9.10. The maximum atomic E-state index is 11.6. The molecule has 20 heavy (non-hydrogen) atoms. The van der Waals surface area contributed by atoms with Crippen molar-refractivity contribution in [1.29, 1.82) is 0 Å². The van der Waals surface area contributed by atoms with Crippen LogP contribution in [0.2, 0.25) is 5.02 Å². The zero-order valence-corrected chi connectivity index (χ0v) is 13.9. The summed E-state index contributed by atoms with van der Waals surface area (Å²) in [7, 11) is 0. The second kappa shape index (κ2) is 8.49. The molecule has 0 radical (unpaired) electrons. The predicted octanol–water partition coefficient (Wildman–Crippen LogP) is 3.00. The topological polar surface area (TPSA) is 58.6 Å². The summed E-state index contributed by atoms with van der Waals surface area (Å²) in [6, 6.07) is 5.07. The van der Waals surface area contributed by atoms with Crippen LogP contribution in [0.1, 0.15) is 20.3 Å². The number of hydrogen-bond acceptors (Lipinski definition) is 3. The van der Waals surface area contributed by atoms with Gasteiger partial charge >= 0.3 is 0 Å². The zero-order valence-electron chi connectivity index (χ0n) is 11.5. The fourth-order valence-corrected chi connectivity index (χ4v) is 2.44. The van der Waals surface area contributed by atoms with E-state index < -0.39 is 6.10 Å². The van der Waals surface area contributed by atoms with E-state index in [2.05, 4.69) is 21.2 Å². The number of rotatable bonds is 7. The van der Waals surface area contributed by atoms with E-state index in [0.29, 0.717) is 27.6 Å². The maximum Gasteiger partial charge on any atom is 0.258 e. The number of carbonyl (C=O) groups is 1. The molecule has 0 aliphatic heterocycles. The molecule has 0 bridgehead atoms. The Hall–Kier alpha value is -0.780. The van der Waals surface area contributed by atoms with Crippen LogP contribution in [-0.2, 0) is 4.79 Å². The normalized spacial score (nSPS) is 12.3. The minimum absolute atomic E-state index is 0.103. The predicted molar refractivity (Wildman–Crippen MR) is 83.1 cm³/mol. The van der Waals surface area contributed by atoms with Gasteiger partial charge in [0.25, 0.3) is 5.91 Å². The van der Waals surface area contributed by atoms with Gasteiger partial charge in [-0.3, -0.25) is 4.79 Å². The molecule has 0 heterocycles. The molecular formula is C14H19BrClNO3. The van der Waals surface area contributed by atoms with E-state index in [9.17, 15) is 9.90 Å². The Kier molecular flexibility index (Phi) is 7.34. The minimum atomic E-state index is -0.527. The van der Waals surface area contributed by atoms with Crippen molar-refractivity contribution >= 4 is 33.4 Å². The van der Waals surface area contributed by atoms with Crippen molar-refractivity contribution in [2.45, 2.75) is 26.4 Å². The van der Waals surface area contributed by atoms with Crippen LogP contribution < -0.4 is 10.1 Å². The van der Waals surface area contributed by atoms with Gasteiger partial charge in [-0.2, -0.15) is 0 Å². The van der Waals surface area contributed by atoms with Crippen molar-refractivity contribution in [3.05, 3.63) is 27.7 Å². The van der Waals surface area contributed by atoms with Crippen LogP contribution in [0.3, 0.4) is 0 Å². The molecule has 0 aliphatic carbocycles. The first-order valence-electron chi connectivity index (χ1n) is 6.41. The summed E-state index contributed by atoms with van der Waals surface area (Å²) >= 11 is 9.12. The third kappa shape index (κ3) is 6.59. The number of aliphatic hydroxyl groups is 1. The number of carbonyl (C=O) groups excluding carboxylic acids is 1. The number of hydrogen-bond donors (Lipinski definition) is 2. The molecule has 6 heteroatoms. The molecule has 0 spiro atoms. The lowest BCUT2D eigenvalue weighted by Crippen LogP contribution is -2.35. The standard InChI is InChI=1S/C14H19BrClNO3/c1-9(2)5-11(18)7-17-14(19)8-20-13-4-3-10(16)6-12(13)15/h3-4,6,9,11,18H,5,7-8H2,1-2H3,(H,17,19). The van der Waals surface area contributed by atoms with Crippen molar-refractivity contribution in [1.82, 2.24) is 5.32 Å². The highest BCUT2D eigenvalue weighted by Gasteiger charge is 2.10. The van der Waals surface area contributed by atoms with E-state index in [-0.39, 0.29) is 19.1 Å². The molecule has 1 rings (SSSR count). The second-order valence-electron chi connectivity index (χ2n) is 4.95. The summed E-state index contributed by atoms with van der Waals surface area (Å²) in [6.45, 7) is 4.18. The van der Waals surface area contributed by atoms with Crippen LogP contribution in [0, 0.1) is 5.92 Å². The quantitative estimate of drug-likeness (QED) is 0.782. The van der Waals surface area contributed by atoms with Crippen LogP contribution in [0.25, 0.3) is 0 Å². The van der Waals surface area contributed by atoms with E-state index in [1.54, 1.807) is 18.2 Å². The molecule has 112 valence electrons. The van der Waals surface area contributed by atoms with Crippen molar-refractivity contribution < 1.29 is 14.6 Å². The van der Waals surface area contributed by atoms with Crippen molar-refractivity contribution in [2.24, 2.45) is 5.92 Å². The van der Waals surface area contributed by atoms with Gasteiger partial charge in [-0.25, -0.2) is 0 Å². The van der Waals surface area contributed by atoms with Crippen LogP contribution in [0.4, 0.5) is 0 Å². The van der Waals surface area contributed by atoms with E-state index in [1.165, 1.54) is 0 Å². The smallest absolute Gasteiger partial charge is 0.258 e. The van der Waals surface area contributed by atoms with Gasteiger partial charge in [0.1, 0.15) is 5.75 Å². The lowest BCUT2D eigenvalue weighted by molar-refractivity contribution is -0.123. The first kappa shape index (κ1) is 17.3. The number of aliphatic hydroxyl groups excluding tert-OH is 1. The molecular weight excluding hydrogens is 346 g/mol.